The van der Waals surface area contributed by atoms with Crippen LogP contribution in [0.4, 0.5) is 10.2 Å². The van der Waals surface area contributed by atoms with Gasteiger partial charge in [0.1, 0.15) is 11.6 Å². The van der Waals surface area contributed by atoms with Crippen molar-refractivity contribution >= 4 is 23.3 Å². The standard InChI is InChI=1S/C22H18ClFN4O2/c1-14-11-20(28(27-14)16-6-4-5-15(23)12-16)26-21(29)9-10-22-25-13-19(30-22)17-7-2-3-8-18(17)24/h2-8,11-13H,9-10H2,1H3,(H,26,29). The largest absolute Gasteiger partial charge is 0.441 e. The molecule has 0 atom stereocenters. The van der Waals surface area contributed by atoms with Gasteiger partial charge in [-0.05, 0) is 37.3 Å². The maximum absolute atomic E-state index is 13.9. The van der Waals surface area contributed by atoms with E-state index in [1.165, 1.54) is 12.3 Å². The van der Waals surface area contributed by atoms with Crippen LogP contribution >= 0.6 is 11.6 Å². The highest BCUT2D eigenvalue weighted by Crippen LogP contribution is 2.24. The second-order valence-electron chi connectivity index (χ2n) is 6.71. The Balaban J connectivity index is 1.42. The van der Waals surface area contributed by atoms with E-state index in [9.17, 15) is 9.18 Å². The summed E-state index contributed by atoms with van der Waals surface area (Å²) in [6, 6.07) is 15.3. The third-order valence-corrected chi connectivity index (χ3v) is 4.65. The van der Waals surface area contributed by atoms with Gasteiger partial charge in [-0.25, -0.2) is 14.1 Å². The van der Waals surface area contributed by atoms with Gasteiger partial charge in [0.05, 0.1) is 23.1 Å². The van der Waals surface area contributed by atoms with E-state index in [4.69, 9.17) is 16.0 Å². The van der Waals surface area contributed by atoms with E-state index in [0.29, 0.717) is 28.1 Å². The number of rotatable bonds is 6. The zero-order valence-corrected chi connectivity index (χ0v) is 16.9. The number of amides is 1. The van der Waals surface area contributed by atoms with Crippen LogP contribution < -0.4 is 5.32 Å². The Labute approximate surface area is 177 Å². The molecule has 0 saturated carbocycles. The predicted molar refractivity (Wildman–Crippen MR) is 112 cm³/mol. The lowest BCUT2D eigenvalue weighted by Crippen LogP contribution is -2.15. The molecule has 2 aromatic carbocycles. The summed E-state index contributed by atoms with van der Waals surface area (Å²) in [5, 5.41) is 7.85. The highest BCUT2D eigenvalue weighted by atomic mass is 35.5. The Hall–Kier alpha value is -3.45. The Morgan fingerprint density at radius 1 is 1.20 bits per heavy atom. The van der Waals surface area contributed by atoms with Crippen molar-refractivity contribution < 1.29 is 13.6 Å². The van der Waals surface area contributed by atoms with Crippen molar-refractivity contribution in [2.45, 2.75) is 19.8 Å². The van der Waals surface area contributed by atoms with Crippen LogP contribution in [0.2, 0.25) is 5.02 Å². The van der Waals surface area contributed by atoms with Crippen LogP contribution in [0.3, 0.4) is 0 Å². The lowest BCUT2D eigenvalue weighted by molar-refractivity contribution is -0.116. The lowest BCUT2D eigenvalue weighted by atomic mass is 10.2. The molecule has 6 nitrogen and oxygen atoms in total. The molecule has 1 amide bonds. The van der Waals surface area contributed by atoms with Crippen molar-refractivity contribution in [3.63, 3.8) is 0 Å². The van der Waals surface area contributed by atoms with E-state index in [1.54, 1.807) is 41.1 Å². The molecular formula is C22H18ClFN4O2. The molecule has 0 aliphatic rings. The molecule has 30 heavy (non-hydrogen) atoms. The zero-order chi connectivity index (χ0) is 21.1. The van der Waals surface area contributed by atoms with Crippen LogP contribution in [0.1, 0.15) is 18.0 Å². The van der Waals surface area contributed by atoms with Gasteiger partial charge in [0, 0.05) is 23.9 Å². The summed E-state index contributed by atoms with van der Waals surface area (Å²) in [7, 11) is 0. The van der Waals surface area contributed by atoms with E-state index in [2.05, 4.69) is 15.4 Å². The van der Waals surface area contributed by atoms with Gasteiger partial charge in [0.2, 0.25) is 5.91 Å². The lowest BCUT2D eigenvalue weighted by Gasteiger charge is -2.09. The van der Waals surface area contributed by atoms with Crippen LogP contribution in [0.15, 0.2) is 65.2 Å². The maximum Gasteiger partial charge on any atom is 0.226 e. The number of oxazole rings is 1. The number of carbonyl (C=O) groups excluding carboxylic acids is 1. The van der Waals surface area contributed by atoms with E-state index in [0.717, 1.165) is 11.4 Å². The van der Waals surface area contributed by atoms with E-state index in [1.807, 2.05) is 19.1 Å². The third kappa shape index (κ3) is 4.41. The van der Waals surface area contributed by atoms with Crippen molar-refractivity contribution in [3.05, 3.63) is 83.2 Å². The van der Waals surface area contributed by atoms with Gasteiger partial charge in [-0.2, -0.15) is 5.10 Å². The number of nitrogens with zero attached hydrogens (tertiary/aromatic N) is 3. The summed E-state index contributed by atoms with van der Waals surface area (Å²) >= 11 is 6.06. The number of aromatic nitrogens is 3. The molecule has 4 rings (SSSR count). The Bertz CT molecular complexity index is 1200. The second kappa shape index (κ2) is 8.51. The van der Waals surface area contributed by atoms with Crippen LogP contribution in [-0.4, -0.2) is 20.7 Å². The number of hydrogen-bond donors (Lipinski definition) is 1. The molecule has 0 bridgehead atoms. The van der Waals surface area contributed by atoms with Gasteiger partial charge >= 0.3 is 0 Å². The average Bonchev–Trinajstić information content (AvgIpc) is 3.33. The van der Waals surface area contributed by atoms with E-state index in [-0.39, 0.29) is 24.6 Å². The summed E-state index contributed by atoms with van der Waals surface area (Å²) in [5.41, 5.74) is 1.84. The number of nitrogens with one attached hydrogen (secondary N) is 1. The fraction of sp³-hybridized carbons (Fsp3) is 0.136. The first-order valence-corrected chi connectivity index (χ1v) is 9.69. The Kier molecular flexibility index (Phi) is 5.63. The number of halogens is 2. The summed E-state index contributed by atoms with van der Waals surface area (Å²) in [5.74, 6) is 0.631. The van der Waals surface area contributed by atoms with Crippen molar-refractivity contribution in [1.82, 2.24) is 14.8 Å². The molecule has 2 aromatic heterocycles. The molecule has 0 spiro atoms. The summed E-state index contributed by atoms with van der Waals surface area (Å²) in [6.07, 6.45) is 1.89. The quantitative estimate of drug-likeness (QED) is 0.461. The molecule has 0 aliphatic heterocycles. The smallest absolute Gasteiger partial charge is 0.226 e. The third-order valence-electron chi connectivity index (χ3n) is 4.41. The summed E-state index contributed by atoms with van der Waals surface area (Å²) < 4.78 is 21.1. The van der Waals surface area contributed by atoms with Crippen LogP contribution in [-0.2, 0) is 11.2 Å². The highest BCUT2D eigenvalue weighted by molar-refractivity contribution is 6.30. The van der Waals surface area contributed by atoms with Gasteiger partial charge < -0.3 is 9.73 Å². The summed E-state index contributed by atoms with van der Waals surface area (Å²) in [4.78, 5) is 16.6. The van der Waals surface area contributed by atoms with Gasteiger partial charge in [-0.1, -0.05) is 29.8 Å². The van der Waals surface area contributed by atoms with E-state index < -0.39 is 0 Å². The number of carbonyl (C=O) groups is 1. The van der Waals surface area contributed by atoms with Gasteiger partial charge in [-0.15, -0.1) is 0 Å². The molecule has 0 radical (unpaired) electrons. The Morgan fingerprint density at radius 2 is 2.03 bits per heavy atom. The predicted octanol–water partition coefficient (Wildman–Crippen LogP) is 5.20. The Morgan fingerprint density at radius 3 is 2.83 bits per heavy atom. The fourth-order valence-corrected chi connectivity index (χ4v) is 3.21. The monoisotopic (exact) mass is 424 g/mol. The minimum Gasteiger partial charge on any atom is -0.441 e. The molecule has 0 saturated heterocycles. The highest BCUT2D eigenvalue weighted by Gasteiger charge is 2.14. The molecule has 0 fully saturated rings. The first-order valence-electron chi connectivity index (χ1n) is 9.31. The van der Waals surface area contributed by atoms with Gasteiger partial charge in [0.25, 0.3) is 0 Å². The van der Waals surface area contributed by atoms with Crippen molar-refractivity contribution in [3.8, 4) is 17.0 Å². The normalized spacial score (nSPS) is 10.9. The first kappa shape index (κ1) is 19.8. The number of hydrogen-bond acceptors (Lipinski definition) is 4. The molecule has 152 valence electrons. The topological polar surface area (TPSA) is 73.0 Å². The molecule has 2 heterocycles. The van der Waals surface area contributed by atoms with Crippen molar-refractivity contribution in [1.29, 1.82) is 0 Å². The number of anilines is 1. The molecule has 0 aliphatic carbocycles. The summed E-state index contributed by atoms with van der Waals surface area (Å²) in [6.45, 7) is 1.84. The average molecular weight is 425 g/mol. The van der Waals surface area contributed by atoms with Crippen LogP contribution in [0.5, 0.6) is 0 Å². The fourth-order valence-electron chi connectivity index (χ4n) is 3.03. The van der Waals surface area contributed by atoms with Crippen molar-refractivity contribution in [2.75, 3.05) is 5.32 Å². The van der Waals surface area contributed by atoms with Crippen LogP contribution in [0, 0.1) is 12.7 Å². The minimum atomic E-state index is -0.386. The van der Waals surface area contributed by atoms with Crippen molar-refractivity contribution in [2.24, 2.45) is 0 Å². The number of aryl methyl sites for hydroxylation is 2. The second-order valence-corrected chi connectivity index (χ2v) is 7.15. The van der Waals surface area contributed by atoms with Crippen LogP contribution in [0.25, 0.3) is 17.0 Å². The number of benzene rings is 2. The maximum atomic E-state index is 13.9. The van der Waals surface area contributed by atoms with Gasteiger partial charge in [-0.3, -0.25) is 4.79 Å². The van der Waals surface area contributed by atoms with E-state index >= 15 is 0 Å². The first-order chi connectivity index (χ1) is 14.5. The minimum absolute atomic E-state index is 0.150. The molecule has 8 heteroatoms. The molecule has 1 N–H and O–H groups in total. The molecular weight excluding hydrogens is 407 g/mol. The van der Waals surface area contributed by atoms with Gasteiger partial charge in [0.15, 0.2) is 11.7 Å². The molecule has 4 aromatic rings. The molecule has 0 unspecified atom stereocenters. The zero-order valence-electron chi connectivity index (χ0n) is 16.1. The SMILES string of the molecule is Cc1cc(NC(=O)CCc2ncc(-c3ccccc3F)o2)n(-c2cccc(Cl)c2)n1.